The van der Waals surface area contributed by atoms with E-state index in [-0.39, 0.29) is 52.4 Å². The maximum Gasteiger partial charge on any atom is 0.471 e. The van der Waals surface area contributed by atoms with Crippen LogP contribution < -0.4 is 26.8 Å². The Kier molecular flexibility index (Phi) is 9.71. The molecular formula is C24H27F3N8O5. The number of rotatable bonds is 11. The number of alkyl halides is 3. The van der Waals surface area contributed by atoms with Gasteiger partial charge in [0.1, 0.15) is 0 Å². The molecule has 0 fully saturated rings. The van der Waals surface area contributed by atoms with E-state index in [2.05, 4.69) is 30.6 Å². The van der Waals surface area contributed by atoms with Gasteiger partial charge in [-0.15, -0.1) is 0 Å². The van der Waals surface area contributed by atoms with Crippen LogP contribution in [0, 0.1) is 0 Å². The number of carbonyl (C=O) groups excluding carboxylic acids is 3. The first-order valence-electron chi connectivity index (χ1n) is 12.0. The maximum atomic E-state index is 13.4. The topological polar surface area (TPSA) is 185 Å². The normalized spacial score (nSPS) is 12.1. The van der Waals surface area contributed by atoms with Crippen molar-refractivity contribution < 1.29 is 32.3 Å². The molecule has 1 aromatic carbocycles. The standard InChI is InChI=1S/C24H27F3N8O5/c1-13(3-8-17(36)29-9-10-40-2)31-20(37)14-4-6-16(7-5-14)35(22(39)24(25,26)27)12-15-11-30-19-18(32-15)21(38)34-23(28)33-19/h4-7,11,13H,3,8-10,12H2,1-2H3,(H,29,36)(H,31,37)(H3,28,30,33,34,38)/t13-/m1/s1. The molecule has 16 heteroatoms. The van der Waals surface area contributed by atoms with Crippen molar-refractivity contribution in [2.45, 2.75) is 38.5 Å². The molecule has 0 aliphatic heterocycles. The number of hydrogen-bond acceptors (Lipinski definition) is 9. The van der Waals surface area contributed by atoms with Crippen LogP contribution in [0.1, 0.15) is 35.8 Å². The zero-order valence-corrected chi connectivity index (χ0v) is 21.5. The second kappa shape index (κ2) is 13.0. The number of nitrogens with one attached hydrogen (secondary N) is 3. The zero-order chi connectivity index (χ0) is 29.4. The Labute approximate surface area is 225 Å². The molecule has 3 rings (SSSR count). The second-order valence-corrected chi connectivity index (χ2v) is 8.68. The Balaban J connectivity index is 1.73. The van der Waals surface area contributed by atoms with Crippen LogP contribution in [0.25, 0.3) is 11.2 Å². The van der Waals surface area contributed by atoms with E-state index in [1.807, 2.05) is 0 Å². The van der Waals surface area contributed by atoms with Crippen molar-refractivity contribution in [1.29, 1.82) is 0 Å². The molecule has 1 atom stereocenters. The van der Waals surface area contributed by atoms with E-state index in [1.54, 1.807) is 6.92 Å². The van der Waals surface area contributed by atoms with Gasteiger partial charge in [-0.2, -0.15) is 18.2 Å². The minimum atomic E-state index is -5.22. The van der Waals surface area contributed by atoms with Crippen molar-refractivity contribution in [2.75, 3.05) is 30.9 Å². The molecule has 5 N–H and O–H groups in total. The van der Waals surface area contributed by atoms with Crippen molar-refractivity contribution in [1.82, 2.24) is 30.6 Å². The molecule has 2 heterocycles. The minimum Gasteiger partial charge on any atom is -0.383 e. The Morgan fingerprint density at radius 1 is 1.18 bits per heavy atom. The number of H-pyrrole nitrogens is 1. The summed E-state index contributed by atoms with van der Waals surface area (Å²) < 4.78 is 45.1. The Morgan fingerprint density at radius 2 is 1.88 bits per heavy atom. The minimum absolute atomic E-state index is 0.116. The number of methoxy groups -OCH3 is 1. The molecule has 0 saturated carbocycles. The number of nitrogens with two attached hydrogens (primary N) is 1. The SMILES string of the molecule is COCCNC(=O)CC[C@@H](C)NC(=O)c1ccc(N(Cc2cnc3nc(N)[nH]c(=O)c3n2)C(=O)C(F)(F)F)cc1. The van der Waals surface area contributed by atoms with Gasteiger partial charge in [0.25, 0.3) is 11.5 Å². The molecule has 3 aromatic rings. The van der Waals surface area contributed by atoms with Gasteiger partial charge in [-0.3, -0.25) is 29.1 Å². The lowest BCUT2D eigenvalue weighted by Crippen LogP contribution is -2.41. The summed E-state index contributed by atoms with van der Waals surface area (Å²) in [5.41, 5.74) is 4.15. The number of aromatic amines is 1. The fourth-order valence-electron chi connectivity index (χ4n) is 3.54. The molecule has 0 unspecified atom stereocenters. The summed E-state index contributed by atoms with van der Waals surface area (Å²) in [4.78, 5) is 63.1. The van der Waals surface area contributed by atoms with Crippen molar-refractivity contribution in [3.05, 3.63) is 52.1 Å². The number of fused-ring (bicyclic) bond motifs is 1. The van der Waals surface area contributed by atoms with Crippen LogP contribution in [0.5, 0.6) is 0 Å². The van der Waals surface area contributed by atoms with Gasteiger partial charge >= 0.3 is 12.1 Å². The first-order chi connectivity index (χ1) is 18.9. The Hall–Kier alpha value is -4.60. The second-order valence-electron chi connectivity index (χ2n) is 8.68. The van der Waals surface area contributed by atoms with Crippen LogP contribution in [0.2, 0.25) is 0 Å². The lowest BCUT2D eigenvalue weighted by Gasteiger charge is -2.24. The lowest BCUT2D eigenvalue weighted by atomic mass is 10.1. The van der Waals surface area contributed by atoms with Crippen LogP contribution in [0.4, 0.5) is 24.8 Å². The maximum absolute atomic E-state index is 13.4. The van der Waals surface area contributed by atoms with Gasteiger partial charge in [0.2, 0.25) is 11.9 Å². The largest absolute Gasteiger partial charge is 0.471 e. The van der Waals surface area contributed by atoms with Gasteiger partial charge in [0.05, 0.1) is 25.0 Å². The fourth-order valence-corrected chi connectivity index (χ4v) is 3.54. The van der Waals surface area contributed by atoms with E-state index in [9.17, 15) is 32.3 Å². The van der Waals surface area contributed by atoms with Crippen LogP contribution >= 0.6 is 0 Å². The molecule has 0 bridgehead atoms. The molecule has 0 aliphatic rings. The van der Waals surface area contributed by atoms with Crippen LogP contribution in [-0.2, 0) is 20.9 Å². The Bertz CT molecular complexity index is 1430. The number of halogens is 3. The zero-order valence-electron chi connectivity index (χ0n) is 21.5. The quantitative estimate of drug-likeness (QED) is 0.247. The molecule has 3 amide bonds. The molecule has 0 saturated heterocycles. The predicted molar refractivity (Wildman–Crippen MR) is 137 cm³/mol. The summed E-state index contributed by atoms with van der Waals surface area (Å²) in [6.07, 6.45) is -3.62. The van der Waals surface area contributed by atoms with E-state index in [0.29, 0.717) is 24.5 Å². The predicted octanol–water partition coefficient (Wildman–Crippen LogP) is 1.05. The van der Waals surface area contributed by atoms with E-state index in [0.717, 1.165) is 6.20 Å². The van der Waals surface area contributed by atoms with Crippen LogP contribution in [0.15, 0.2) is 35.3 Å². The van der Waals surface area contributed by atoms with Crippen molar-refractivity contribution in [3.8, 4) is 0 Å². The van der Waals surface area contributed by atoms with Crippen LogP contribution in [-0.4, -0.2) is 70.1 Å². The van der Waals surface area contributed by atoms with Gasteiger partial charge in [-0.25, -0.2) is 9.97 Å². The number of nitrogen functional groups attached to an aromatic ring is 1. The van der Waals surface area contributed by atoms with E-state index >= 15 is 0 Å². The molecule has 0 spiro atoms. The first-order valence-corrected chi connectivity index (χ1v) is 12.0. The molecule has 2 aromatic heterocycles. The molecule has 0 aliphatic carbocycles. The number of benzene rings is 1. The fraction of sp³-hybridized carbons (Fsp3) is 0.375. The van der Waals surface area contributed by atoms with Gasteiger partial charge in [0, 0.05) is 37.4 Å². The average Bonchev–Trinajstić information content (AvgIpc) is 2.90. The highest BCUT2D eigenvalue weighted by Crippen LogP contribution is 2.26. The van der Waals surface area contributed by atoms with Crippen molar-refractivity contribution in [2.24, 2.45) is 0 Å². The third kappa shape index (κ3) is 7.95. The molecule has 13 nitrogen and oxygen atoms in total. The third-order valence-corrected chi connectivity index (χ3v) is 5.55. The monoisotopic (exact) mass is 564 g/mol. The number of nitrogens with zero attached hydrogens (tertiary/aromatic N) is 4. The summed E-state index contributed by atoms with van der Waals surface area (Å²) in [5, 5.41) is 5.38. The molecule has 40 heavy (non-hydrogen) atoms. The van der Waals surface area contributed by atoms with Crippen molar-refractivity contribution in [3.63, 3.8) is 0 Å². The average molecular weight is 565 g/mol. The van der Waals surface area contributed by atoms with Crippen LogP contribution in [0.3, 0.4) is 0 Å². The number of aromatic nitrogens is 4. The third-order valence-electron chi connectivity index (χ3n) is 5.55. The summed E-state index contributed by atoms with van der Waals surface area (Å²) in [7, 11) is 1.51. The van der Waals surface area contributed by atoms with E-state index in [1.165, 1.54) is 31.4 Å². The van der Waals surface area contributed by atoms with Crippen molar-refractivity contribution >= 4 is 40.5 Å². The summed E-state index contributed by atoms with van der Waals surface area (Å²) >= 11 is 0. The Morgan fingerprint density at radius 3 is 2.52 bits per heavy atom. The van der Waals surface area contributed by atoms with Gasteiger partial charge in [0.15, 0.2) is 11.2 Å². The summed E-state index contributed by atoms with van der Waals surface area (Å²) in [6.45, 7) is 1.77. The van der Waals surface area contributed by atoms with E-state index in [4.69, 9.17) is 10.5 Å². The highest BCUT2D eigenvalue weighted by atomic mass is 19.4. The van der Waals surface area contributed by atoms with E-state index < -0.39 is 30.1 Å². The molecular weight excluding hydrogens is 537 g/mol. The highest BCUT2D eigenvalue weighted by molar-refractivity contribution is 5.98. The number of anilines is 2. The highest BCUT2D eigenvalue weighted by Gasteiger charge is 2.43. The number of carbonyl (C=O) groups is 3. The van der Waals surface area contributed by atoms with Gasteiger partial charge in [-0.1, -0.05) is 0 Å². The van der Waals surface area contributed by atoms with Gasteiger partial charge < -0.3 is 21.1 Å². The van der Waals surface area contributed by atoms with Gasteiger partial charge in [-0.05, 0) is 37.6 Å². The summed E-state index contributed by atoms with van der Waals surface area (Å²) in [6, 6.07) is 4.50. The smallest absolute Gasteiger partial charge is 0.383 e. The molecule has 214 valence electrons. The summed E-state index contributed by atoms with van der Waals surface area (Å²) in [5.74, 6) is -3.11. The molecule has 0 radical (unpaired) electrons. The number of amides is 3. The lowest BCUT2D eigenvalue weighted by molar-refractivity contribution is -0.170. The number of hydrogen-bond donors (Lipinski definition) is 4. The number of ether oxygens (including phenoxy) is 1. The first kappa shape index (κ1) is 29.9.